The van der Waals surface area contributed by atoms with Crippen LogP contribution in [0, 0.1) is 11.7 Å². The van der Waals surface area contributed by atoms with Crippen molar-refractivity contribution in [3.05, 3.63) is 30.1 Å². The second-order valence-corrected chi connectivity index (χ2v) is 8.31. The van der Waals surface area contributed by atoms with E-state index in [1.54, 1.807) is 18.2 Å². The van der Waals surface area contributed by atoms with E-state index in [0.29, 0.717) is 31.9 Å². The summed E-state index contributed by atoms with van der Waals surface area (Å²) in [6, 6.07) is 6.51. The van der Waals surface area contributed by atoms with Gasteiger partial charge < -0.3 is 10.2 Å². The number of carbonyl (C=O) groups is 1. The summed E-state index contributed by atoms with van der Waals surface area (Å²) in [7, 11) is -3.40. The molecule has 2 aliphatic rings. The molecule has 0 radical (unpaired) electrons. The van der Waals surface area contributed by atoms with E-state index in [1.807, 2.05) is 4.90 Å². The third-order valence-electron chi connectivity index (χ3n) is 4.43. The predicted octanol–water partition coefficient (Wildman–Crippen LogP) is 0.804. The number of nitrogens with zero attached hydrogens (tertiary/aromatic N) is 2. The van der Waals surface area contributed by atoms with Gasteiger partial charge in [0.2, 0.25) is 15.9 Å². The summed E-state index contributed by atoms with van der Waals surface area (Å²) in [5.74, 6) is -0.353. The van der Waals surface area contributed by atoms with E-state index in [1.165, 1.54) is 10.4 Å². The van der Waals surface area contributed by atoms with Gasteiger partial charge in [-0.15, -0.1) is 0 Å². The first kappa shape index (κ1) is 17.2. The molecule has 1 aromatic carbocycles. The minimum atomic E-state index is -3.40. The van der Waals surface area contributed by atoms with Crippen LogP contribution in [0.2, 0.25) is 0 Å². The summed E-state index contributed by atoms with van der Waals surface area (Å²) in [5.41, 5.74) is 0.506. The second kappa shape index (κ2) is 7.06. The highest BCUT2D eigenvalue weighted by Crippen LogP contribution is 2.28. The number of halogens is 1. The molecule has 1 aromatic rings. The Morgan fingerprint density at radius 1 is 1.17 bits per heavy atom. The van der Waals surface area contributed by atoms with Crippen molar-refractivity contribution in [2.24, 2.45) is 5.92 Å². The van der Waals surface area contributed by atoms with Crippen LogP contribution in [0.15, 0.2) is 24.3 Å². The molecular formula is C16H22FN3O3S. The summed E-state index contributed by atoms with van der Waals surface area (Å²) in [6.07, 6.45) is 1.80. The Kier molecular flexibility index (Phi) is 5.05. The molecule has 1 aliphatic carbocycles. The first-order valence-corrected chi connectivity index (χ1v) is 9.83. The van der Waals surface area contributed by atoms with Gasteiger partial charge in [-0.1, -0.05) is 12.1 Å². The number of sulfonamides is 1. The molecule has 8 heteroatoms. The van der Waals surface area contributed by atoms with Crippen molar-refractivity contribution in [1.82, 2.24) is 9.62 Å². The Labute approximate surface area is 141 Å². The van der Waals surface area contributed by atoms with E-state index in [0.717, 1.165) is 12.8 Å². The quantitative estimate of drug-likeness (QED) is 0.820. The van der Waals surface area contributed by atoms with E-state index in [2.05, 4.69) is 5.32 Å². The van der Waals surface area contributed by atoms with Crippen LogP contribution >= 0.6 is 0 Å². The average molecular weight is 355 g/mol. The number of hydrogen-bond donors (Lipinski definition) is 1. The van der Waals surface area contributed by atoms with E-state index in [4.69, 9.17) is 0 Å². The van der Waals surface area contributed by atoms with Gasteiger partial charge in [0.1, 0.15) is 5.82 Å². The summed E-state index contributed by atoms with van der Waals surface area (Å²) in [5, 5.41) is 2.68. The molecule has 0 spiro atoms. The van der Waals surface area contributed by atoms with Gasteiger partial charge in [-0.05, 0) is 25.0 Å². The number of anilines is 1. The standard InChI is InChI=1S/C16H22FN3O3S/c17-14-3-1-2-4-15(14)19-8-10-20(11-9-19)24(22,23)12-7-18-16(21)13-5-6-13/h1-4,13H,5-12H2,(H,18,21). The van der Waals surface area contributed by atoms with Crippen LogP contribution in [0.5, 0.6) is 0 Å². The van der Waals surface area contributed by atoms with Gasteiger partial charge in [-0.2, -0.15) is 4.31 Å². The predicted molar refractivity (Wildman–Crippen MR) is 89.7 cm³/mol. The van der Waals surface area contributed by atoms with Crippen LogP contribution in [0.4, 0.5) is 10.1 Å². The molecule has 132 valence electrons. The third-order valence-corrected chi connectivity index (χ3v) is 6.30. The third kappa shape index (κ3) is 4.05. The van der Waals surface area contributed by atoms with Crippen molar-refractivity contribution < 1.29 is 17.6 Å². The van der Waals surface area contributed by atoms with Gasteiger partial charge in [0, 0.05) is 38.6 Å². The average Bonchev–Trinajstić information content (AvgIpc) is 3.40. The molecule has 1 saturated heterocycles. The highest BCUT2D eigenvalue weighted by Gasteiger charge is 2.31. The lowest BCUT2D eigenvalue weighted by Crippen LogP contribution is -2.50. The lowest BCUT2D eigenvalue weighted by atomic mass is 10.2. The number of hydrogen-bond acceptors (Lipinski definition) is 4. The number of amides is 1. The molecule has 6 nitrogen and oxygen atoms in total. The van der Waals surface area contributed by atoms with Crippen molar-refractivity contribution in [3.63, 3.8) is 0 Å². The second-order valence-electron chi connectivity index (χ2n) is 6.22. The van der Waals surface area contributed by atoms with Gasteiger partial charge in [0.05, 0.1) is 11.4 Å². The first-order valence-electron chi connectivity index (χ1n) is 8.22. The van der Waals surface area contributed by atoms with Gasteiger partial charge in [-0.3, -0.25) is 4.79 Å². The van der Waals surface area contributed by atoms with Crippen LogP contribution in [0.3, 0.4) is 0 Å². The van der Waals surface area contributed by atoms with Crippen molar-refractivity contribution in [2.75, 3.05) is 43.4 Å². The van der Waals surface area contributed by atoms with Crippen LogP contribution in [-0.2, 0) is 14.8 Å². The van der Waals surface area contributed by atoms with Gasteiger partial charge in [0.15, 0.2) is 0 Å². The van der Waals surface area contributed by atoms with Crippen molar-refractivity contribution in [1.29, 1.82) is 0 Å². The van der Waals surface area contributed by atoms with E-state index >= 15 is 0 Å². The first-order chi connectivity index (χ1) is 11.5. The maximum absolute atomic E-state index is 13.8. The lowest BCUT2D eigenvalue weighted by Gasteiger charge is -2.35. The molecule has 2 fully saturated rings. The molecule has 0 atom stereocenters. The summed E-state index contributed by atoms with van der Waals surface area (Å²) in [4.78, 5) is 13.4. The molecule has 0 bridgehead atoms. The van der Waals surface area contributed by atoms with E-state index in [9.17, 15) is 17.6 Å². The normalized spacial score (nSPS) is 19.3. The largest absolute Gasteiger partial charge is 0.367 e. The molecule has 1 saturated carbocycles. The highest BCUT2D eigenvalue weighted by atomic mass is 32.2. The van der Waals surface area contributed by atoms with Gasteiger partial charge in [0.25, 0.3) is 0 Å². The molecule has 1 N–H and O–H groups in total. The molecule has 0 unspecified atom stereocenters. The van der Waals surface area contributed by atoms with Crippen molar-refractivity contribution in [2.45, 2.75) is 12.8 Å². The Bertz CT molecular complexity index is 698. The number of carbonyl (C=O) groups excluding carboxylic acids is 1. The fourth-order valence-electron chi connectivity index (χ4n) is 2.84. The fraction of sp³-hybridized carbons (Fsp3) is 0.562. The Morgan fingerprint density at radius 3 is 2.46 bits per heavy atom. The van der Waals surface area contributed by atoms with E-state index < -0.39 is 10.0 Å². The zero-order valence-corrected chi connectivity index (χ0v) is 14.3. The number of benzene rings is 1. The summed E-state index contributed by atoms with van der Waals surface area (Å²) < 4.78 is 39.9. The van der Waals surface area contributed by atoms with Crippen molar-refractivity contribution in [3.8, 4) is 0 Å². The smallest absolute Gasteiger partial charge is 0.223 e. The van der Waals surface area contributed by atoms with Crippen LogP contribution < -0.4 is 10.2 Å². The van der Waals surface area contributed by atoms with Crippen molar-refractivity contribution >= 4 is 21.6 Å². The minimum Gasteiger partial charge on any atom is -0.367 e. The van der Waals surface area contributed by atoms with Crippen LogP contribution in [0.1, 0.15) is 12.8 Å². The van der Waals surface area contributed by atoms with E-state index in [-0.39, 0.29) is 29.9 Å². The molecular weight excluding hydrogens is 333 g/mol. The SMILES string of the molecule is O=C(NCCS(=O)(=O)N1CCN(c2ccccc2F)CC1)C1CC1. The number of rotatable bonds is 6. The number of para-hydroxylation sites is 1. The zero-order valence-electron chi connectivity index (χ0n) is 13.4. The molecule has 1 amide bonds. The molecule has 24 heavy (non-hydrogen) atoms. The minimum absolute atomic E-state index is 0.0467. The number of nitrogens with one attached hydrogen (secondary N) is 1. The van der Waals surface area contributed by atoms with Crippen LogP contribution in [0.25, 0.3) is 0 Å². The maximum Gasteiger partial charge on any atom is 0.223 e. The Hall–Kier alpha value is -1.67. The summed E-state index contributed by atoms with van der Waals surface area (Å²) in [6.45, 7) is 1.70. The molecule has 0 aromatic heterocycles. The molecule has 3 rings (SSSR count). The Morgan fingerprint density at radius 2 is 1.83 bits per heavy atom. The Balaban J connectivity index is 1.49. The topological polar surface area (TPSA) is 69.7 Å². The zero-order chi connectivity index (χ0) is 17.2. The maximum atomic E-state index is 13.8. The number of piperazine rings is 1. The van der Waals surface area contributed by atoms with Gasteiger partial charge in [-0.25, -0.2) is 12.8 Å². The fourth-order valence-corrected chi connectivity index (χ4v) is 4.18. The monoisotopic (exact) mass is 355 g/mol. The highest BCUT2D eigenvalue weighted by molar-refractivity contribution is 7.89. The van der Waals surface area contributed by atoms with Gasteiger partial charge >= 0.3 is 0 Å². The summed E-state index contributed by atoms with van der Waals surface area (Å²) >= 11 is 0. The molecule has 1 heterocycles. The van der Waals surface area contributed by atoms with Crippen LogP contribution in [-0.4, -0.2) is 57.1 Å². The molecule has 1 aliphatic heterocycles. The lowest BCUT2D eigenvalue weighted by molar-refractivity contribution is -0.122.